The second-order valence-corrected chi connectivity index (χ2v) is 11.6. The molecule has 0 fully saturated rings. The van der Waals surface area contributed by atoms with Crippen molar-refractivity contribution in [1.82, 2.24) is 4.57 Å². The normalized spacial score (nSPS) is 12.0. The third-order valence-electron chi connectivity index (χ3n) is 8.35. The third kappa shape index (κ3) is 3.08. The second-order valence-electron chi connectivity index (χ2n) is 10.6. The fraction of sp³-hybridized carbons (Fsp3) is 0. The molecule has 0 spiro atoms. The van der Waals surface area contributed by atoms with Crippen LogP contribution in [0, 0.1) is 0 Å². The molecular weight excluding hydrogens is 502 g/mol. The van der Waals surface area contributed by atoms with Gasteiger partial charge in [-0.05, 0) is 87.3 Å². The van der Waals surface area contributed by atoms with Gasteiger partial charge in [0.1, 0.15) is 0 Å². The zero-order valence-electron chi connectivity index (χ0n) is 21.6. The van der Waals surface area contributed by atoms with Crippen molar-refractivity contribution >= 4 is 74.9 Å². The number of hydrogen-bond acceptors (Lipinski definition) is 1. The summed E-state index contributed by atoms with van der Waals surface area (Å²) in [5.74, 6) is 0. The molecule has 1 nitrogen and oxygen atoms in total. The van der Waals surface area contributed by atoms with Gasteiger partial charge in [-0.1, -0.05) is 84.9 Å². The molecular formula is C38H23NS. The summed E-state index contributed by atoms with van der Waals surface area (Å²) in [5, 5.41) is 10.5. The molecule has 0 aliphatic heterocycles. The number of para-hydroxylation sites is 2. The average molecular weight is 526 g/mol. The van der Waals surface area contributed by atoms with E-state index in [1.165, 1.54) is 80.3 Å². The first-order valence-electron chi connectivity index (χ1n) is 13.7. The molecule has 0 aliphatic carbocycles. The van der Waals surface area contributed by atoms with Crippen molar-refractivity contribution in [2.45, 2.75) is 0 Å². The predicted octanol–water partition coefficient (Wildman–Crippen LogP) is 11.1. The number of thiophene rings is 1. The lowest BCUT2D eigenvalue weighted by Gasteiger charge is -2.12. The molecule has 7 aromatic carbocycles. The Morgan fingerprint density at radius 2 is 1.10 bits per heavy atom. The Labute approximate surface area is 235 Å². The molecule has 40 heavy (non-hydrogen) atoms. The van der Waals surface area contributed by atoms with Crippen LogP contribution in [0.1, 0.15) is 0 Å². The molecule has 0 saturated carbocycles. The summed E-state index contributed by atoms with van der Waals surface area (Å²) in [6.45, 7) is 0. The largest absolute Gasteiger partial charge is 0.309 e. The SMILES string of the molecule is c1ccc(-n2c3ccccc3c3cc(-c4cc5cc6sc7ccccc7c6cc5c5ccccc45)ccc32)cc1. The van der Waals surface area contributed by atoms with Crippen LogP contribution in [-0.2, 0) is 0 Å². The van der Waals surface area contributed by atoms with E-state index in [1.807, 2.05) is 11.3 Å². The van der Waals surface area contributed by atoms with E-state index in [2.05, 4.69) is 144 Å². The number of benzene rings is 7. The highest BCUT2D eigenvalue weighted by Crippen LogP contribution is 2.42. The molecule has 0 aliphatic rings. The van der Waals surface area contributed by atoms with Crippen LogP contribution in [0.15, 0.2) is 140 Å². The van der Waals surface area contributed by atoms with E-state index in [-0.39, 0.29) is 0 Å². The molecule has 2 heteroatoms. The van der Waals surface area contributed by atoms with E-state index in [9.17, 15) is 0 Å². The molecule has 186 valence electrons. The van der Waals surface area contributed by atoms with Gasteiger partial charge in [0.25, 0.3) is 0 Å². The zero-order chi connectivity index (χ0) is 26.2. The minimum atomic E-state index is 1.19. The fourth-order valence-electron chi connectivity index (χ4n) is 6.56. The molecule has 0 amide bonds. The molecule has 0 saturated heterocycles. The molecule has 9 aromatic rings. The smallest absolute Gasteiger partial charge is 0.0541 e. The van der Waals surface area contributed by atoms with E-state index in [0.29, 0.717) is 0 Å². The molecule has 0 atom stereocenters. The maximum absolute atomic E-state index is 2.41. The van der Waals surface area contributed by atoms with Gasteiger partial charge in [0, 0.05) is 36.6 Å². The van der Waals surface area contributed by atoms with Crippen LogP contribution in [0.3, 0.4) is 0 Å². The van der Waals surface area contributed by atoms with Crippen molar-refractivity contribution in [2.24, 2.45) is 0 Å². The highest BCUT2D eigenvalue weighted by molar-refractivity contribution is 7.25. The van der Waals surface area contributed by atoms with E-state index in [0.717, 1.165) is 0 Å². The summed E-state index contributed by atoms with van der Waals surface area (Å²) >= 11 is 1.88. The predicted molar refractivity (Wildman–Crippen MR) is 174 cm³/mol. The number of fused-ring (bicyclic) bond motifs is 9. The van der Waals surface area contributed by atoms with Crippen LogP contribution in [0.25, 0.3) is 80.3 Å². The lowest BCUT2D eigenvalue weighted by Crippen LogP contribution is -1.92. The fourth-order valence-corrected chi connectivity index (χ4v) is 7.70. The lowest BCUT2D eigenvalue weighted by molar-refractivity contribution is 1.18. The van der Waals surface area contributed by atoms with Gasteiger partial charge >= 0.3 is 0 Å². The maximum Gasteiger partial charge on any atom is 0.0541 e. The molecule has 2 aromatic heterocycles. The highest BCUT2D eigenvalue weighted by Gasteiger charge is 2.16. The molecule has 2 heterocycles. The van der Waals surface area contributed by atoms with Gasteiger partial charge in [-0.25, -0.2) is 0 Å². The summed E-state index contributed by atoms with van der Waals surface area (Å²) < 4.78 is 5.07. The minimum Gasteiger partial charge on any atom is -0.309 e. The Morgan fingerprint density at radius 1 is 0.400 bits per heavy atom. The number of nitrogens with zero attached hydrogens (tertiary/aromatic N) is 1. The van der Waals surface area contributed by atoms with Gasteiger partial charge < -0.3 is 4.57 Å². The number of hydrogen-bond donors (Lipinski definition) is 0. The molecule has 0 radical (unpaired) electrons. The molecule has 9 rings (SSSR count). The molecule has 0 N–H and O–H groups in total. The van der Waals surface area contributed by atoms with E-state index in [4.69, 9.17) is 0 Å². The van der Waals surface area contributed by atoms with Crippen molar-refractivity contribution in [1.29, 1.82) is 0 Å². The first kappa shape index (κ1) is 22.0. The number of rotatable bonds is 2. The van der Waals surface area contributed by atoms with Gasteiger partial charge in [0.05, 0.1) is 11.0 Å². The second kappa shape index (κ2) is 8.29. The van der Waals surface area contributed by atoms with Crippen molar-refractivity contribution in [2.75, 3.05) is 0 Å². The summed E-state index contributed by atoms with van der Waals surface area (Å²) in [6, 6.07) is 51.2. The van der Waals surface area contributed by atoms with Crippen molar-refractivity contribution in [3.8, 4) is 16.8 Å². The first-order valence-corrected chi connectivity index (χ1v) is 14.5. The van der Waals surface area contributed by atoms with Crippen LogP contribution in [0.5, 0.6) is 0 Å². The third-order valence-corrected chi connectivity index (χ3v) is 9.49. The Hall–Kier alpha value is -4.92. The quantitative estimate of drug-likeness (QED) is 0.198. The van der Waals surface area contributed by atoms with Gasteiger partial charge in [0.2, 0.25) is 0 Å². The monoisotopic (exact) mass is 525 g/mol. The summed E-state index contributed by atoms with van der Waals surface area (Å²) in [6.07, 6.45) is 0. The summed E-state index contributed by atoms with van der Waals surface area (Å²) in [7, 11) is 0. The van der Waals surface area contributed by atoms with Crippen molar-refractivity contribution < 1.29 is 0 Å². The van der Waals surface area contributed by atoms with Crippen LogP contribution >= 0.6 is 11.3 Å². The average Bonchev–Trinajstić information content (AvgIpc) is 3.55. The van der Waals surface area contributed by atoms with Crippen LogP contribution < -0.4 is 0 Å². The maximum atomic E-state index is 2.41. The van der Waals surface area contributed by atoms with Crippen molar-refractivity contribution in [3.05, 3.63) is 140 Å². The minimum absolute atomic E-state index is 1.19. The van der Waals surface area contributed by atoms with Crippen LogP contribution in [-0.4, -0.2) is 4.57 Å². The zero-order valence-corrected chi connectivity index (χ0v) is 22.5. The standard InChI is InChI=1S/C38H23NS/c1-2-10-26(11-3-1)39-35-16-8-6-14-29(35)33-20-24(18-19-36(33)39)31-21-25-22-38-34(30-15-7-9-17-37(30)40-38)23-32(25)28-13-5-4-12-27(28)31/h1-23H. The Balaban J connectivity index is 1.35. The number of aromatic nitrogens is 1. The van der Waals surface area contributed by atoms with Crippen molar-refractivity contribution in [3.63, 3.8) is 0 Å². The molecule has 0 bridgehead atoms. The topological polar surface area (TPSA) is 4.93 Å². The van der Waals surface area contributed by atoms with E-state index < -0.39 is 0 Å². The Kier molecular flexibility index (Phi) is 4.55. The molecule has 0 unspecified atom stereocenters. The van der Waals surface area contributed by atoms with Gasteiger partial charge in [-0.15, -0.1) is 11.3 Å². The van der Waals surface area contributed by atoms with Gasteiger partial charge in [-0.3, -0.25) is 0 Å². The van der Waals surface area contributed by atoms with Gasteiger partial charge in [0.15, 0.2) is 0 Å². The first-order chi connectivity index (χ1) is 19.8. The lowest BCUT2D eigenvalue weighted by atomic mass is 9.92. The Morgan fingerprint density at radius 3 is 1.98 bits per heavy atom. The Bertz CT molecular complexity index is 2420. The summed E-state index contributed by atoms with van der Waals surface area (Å²) in [4.78, 5) is 0. The van der Waals surface area contributed by atoms with Crippen LogP contribution in [0.2, 0.25) is 0 Å². The summed E-state index contributed by atoms with van der Waals surface area (Å²) in [5.41, 5.74) is 6.18. The van der Waals surface area contributed by atoms with E-state index >= 15 is 0 Å². The van der Waals surface area contributed by atoms with E-state index in [1.54, 1.807) is 0 Å². The van der Waals surface area contributed by atoms with Gasteiger partial charge in [-0.2, -0.15) is 0 Å². The van der Waals surface area contributed by atoms with Crippen LogP contribution in [0.4, 0.5) is 0 Å². The highest BCUT2D eigenvalue weighted by atomic mass is 32.1.